The lowest BCUT2D eigenvalue weighted by molar-refractivity contribution is -0.147. The Morgan fingerprint density at radius 1 is 0.730 bits per heavy atom. The van der Waals surface area contributed by atoms with Crippen LogP contribution < -0.4 is 27.4 Å². The molecule has 0 heterocycles. The van der Waals surface area contributed by atoms with Crippen LogP contribution >= 0.6 is 0 Å². The molecule has 3 amide bonds. The molecule has 4 atom stereocenters. The van der Waals surface area contributed by atoms with Crippen LogP contribution in [-0.2, 0) is 35.2 Å². The summed E-state index contributed by atoms with van der Waals surface area (Å²) in [6, 6.07) is 2.98. The van der Waals surface area contributed by atoms with E-state index in [2.05, 4.69) is 16.0 Å². The molecule has 4 unspecified atom stereocenters. The van der Waals surface area contributed by atoms with Crippen LogP contribution in [0.1, 0.15) is 37.7 Å². The summed E-state index contributed by atoms with van der Waals surface area (Å²) in [6.45, 7) is 0.274. The van der Waals surface area contributed by atoms with Crippen molar-refractivity contribution in [2.45, 2.75) is 62.7 Å². The van der Waals surface area contributed by atoms with Crippen molar-refractivity contribution in [1.29, 1.82) is 0 Å². The van der Waals surface area contributed by atoms with Crippen molar-refractivity contribution >= 4 is 35.6 Å². The van der Waals surface area contributed by atoms with Crippen LogP contribution in [0.5, 0.6) is 0 Å². The van der Waals surface area contributed by atoms with Gasteiger partial charge in [-0.15, -0.1) is 0 Å². The number of carbonyl (C=O) groups is 6. The van der Waals surface area contributed by atoms with E-state index in [0.717, 1.165) is 5.56 Å². The van der Waals surface area contributed by atoms with Gasteiger partial charge >= 0.3 is 17.9 Å². The second-order valence-electron chi connectivity index (χ2n) is 8.30. The maximum Gasteiger partial charge on any atom is 0.326 e. The average molecular weight is 524 g/mol. The van der Waals surface area contributed by atoms with E-state index in [-0.39, 0.29) is 19.4 Å². The van der Waals surface area contributed by atoms with Gasteiger partial charge in [-0.1, -0.05) is 30.3 Å². The third-order valence-corrected chi connectivity index (χ3v) is 5.22. The van der Waals surface area contributed by atoms with Gasteiger partial charge in [-0.05, 0) is 37.8 Å². The van der Waals surface area contributed by atoms with Gasteiger partial charge in [0.15, 0.2) is 0 Å². The van der Waals surface area contributed by atoms with E-state index in [9.17, 15) is 39.0 Å². The largest absolute Gasteiger partial charge is 0.481 e. The smallest absolute Gasteiger partial charge is 0.326 e. The van der Waals surface area contributed by atoms with Crippen LogP contribution in [0, 0.1) is 0 Å². The summed E-state index contributed by atoms with van der Waals surface area (Å²) in [4.78, 5) is 71.7. The molecule has 204 valence electrons. The van der Waals surface area contributed by atoms with E-state index in [4.69, 9.17) is 16.6 Å². The topological polar surface area (TPSA) is 251 Å². The predicted molar refractivity (Wildman–Crippen MR) is 129 cm³/mol. The van der Waals surface area contributed by atoms with Crippen LogP contribution in [0.3, 0.4) is 0 Å². The maximum absolute atomic E-state index is 12.9. The summed E-state index contributed by atoms with van der Waals surface area (Å²) >= 11 is 0. The second kappa shape index (κ2) is 15.9. The molecule has 10 N–H and O–H groups in total. The SMILES string of the molecule is NCCCCC(NC(=O)C(CC(=O)O)NC(=O)C(N)Cc1ccccc1)C(=O)NC(CC(=O)O)C(=O)O. The third-order valence-electron chi connectivity index (χ3n) is 5.22. The summed E-state index contributed by atoms with van der Waals surface area (Å²) in [5.41, 5.74) is 12.1. The van der Waals surface area contributed by atoms with Crippen molar-refractivity contribution in [3.8, 4) is 0 Å². The Morgan fingerprint density at radius 3 is 1.78 bits per heavy atom. The molecular formula is C23H33N5O9. The molecule has 1 aromatic carbocycles. The quantitative estimate of drug-likeness (QED) is 0.105. The second-order valence-corrected chi connectivity index (χ2v) is 8.30. The first-order chi connectivity index (χ1) is 17.4. The van der Waals surface area contributed by atoms with Crippen molar-refractivity contribution in [1.82, 2.24) is 16.0 Å². The number of hydrogen-bond acceptors (Lipinski definition) is 8. The highest BCUT2D eigenvalue weighted by Crippen LogP contribution is 2.06. The first-order valence-corrected chi connectivity index (χ1v) is 11.5. The molecule has 14 nitrogen and oxygen atoms in total. The minimum Gasteiger partial charge on any atom is -0.481 e. The van der Waals surface area contributed by atoms with Gasteiger partial charge in [0.25, 0.3) is 0 Å². The van der Waals surface area contributed by atoms with E-state index < -0.39 is 72.6 Å². The fraction of sp³-hybridized carbons (Fsp3) is 0.478. The maximum atomic E-state index is 12.9. The van der Waals surface area contributed by atoms with Crippen molar-refractivity contribution in [3.05, 3.63) is 35.9 Å². The number of nitrogens with two attached hydrogens (primary N) is 2. The Hall–Kier alpha value is -4.04. The zero-order valence-corrected chi connectivity index (χ0v) is 20.1. The zero-order chi connectivity index (χ0) is 28.0. The standard InChI is InChI=1S/C23H33N5O9/c24-9-5-4-8-15(21(34)28-17(23(36)37)12-19(31)32)26-22(35)16(11-18(29)30)27-20(33)14(25)10-13-6-2-1-3-7-13/h1-3,6-7,14-17H,4-5,8-12,24-25H2,(H,26,35)(H,27,33)(H,28,34)(H,29,30)(H,31,32)(H,36,37). The molecule has 37 heavy (non-hydrogen) atoms. The molecule has 0 aliphatic carbocycles. The summed E-state index contributed by atoms with van der Waals surface area (Å²) in [5, 5.41) is 34.0. The Morgan fingerprint density at radius 2 is 1.24 bits per heavy atom. The molecule has 0 spiro atoms. The van der Waals surface area contributed by atoms with Crippen molar-refractivity contribution < 1.29 is 44.1 Å². The number of hydrogen-bond donors (Lipinski definition) is 8. The highest BCUT2D eigenvalue weighted by atomic mass is 16.4. The van der Waals surface area contributed by atoms with Crippen LogP contribution in [0.25, 0.3) is 0 Å². The van der Waals surface area contributed by atoms with Gasteiger partial charge in [-0.25, -0.2) is 4.79 Å². The zero-order valence-electron chi connectivity index (χ0n) is 20.1. The van der Waals surface area contributed by atoms with Gasteiger partial charge in [0.2, 0.25) is 17.7 Å². The van der Waals surface area contributed by atoms with Gasteiger partial charge in [0, 0.05) is 0 Å². The number of carbonyl (C=O) groups excluding carboxylic acids is 3. The molecule has 0 aliphatic rings. The third kappa shape index (κ3) is 12.0. The number of rotatable bonds is 17. The highest BCUT2D eigenvalue weighted by Gasteiger charge is 2.32. The fourth-order valence-electron chi connectivity index (χ4n) is 3.30. The molecule has 0 saturated heterocycles. The summed E-state index contributed by atoms with van der Waals surface area (Å²) in [6.07, 6.45) is -0.802. The van der Waals surface area contributed by atoms with Crippen molar-refractivity contribution in [2.75, 3.05) is 6.54 Å². The van der Waals surface area contributed by atoms with E-state index in [1.807, 2.05) is 0 Å². The average Bonchev–Trinajstić information content (AvgIpc) is 2.82. The van der Waals surface area contributed by atoms with Crippen molar-refractivity contribution in [2.24, 2.45) is 11.5 Å². The lowest BCUT2D eigenvalue weighted by Gasteiger charge is -2.24. The number of aliphatic carboxylic acids is 3. The molecule has 0 saturated carbocycles. The predicted octanol–water partition coefficient (Wildman–Crippen LogP) is -1.83. The minimum absolute atomic E-state index is 0.00452. The number of nitrogens with one attached hydrogen (secondary N) is 3. The minimum atomic E-state index is -1.76. The van der Waals surface area contributed by atoms with Crippen LogP contribution in [0.2, 0.25) is 0 Å². The number of benzene rings is 1. The van der Waals surface area contributed by atoms with Crippen LogP contribution in [0.4, 0.5) is 0 Å². The molecule has 0 radical (unpaired) electrons. The summed E-state index contributed by atoms with van der Waals surface area (Å²) in [7, 11) is 0. The molecule has 14 heteroatoms. The van der Waals surface area contributed by atoms with E-state index in [0.29, 0.717) is 12.8 Å². The Labute approximate surface area is 212 Å². The van der Waals surface area contributed by atoms with E-state index in [1.54, 1.807) is 30.3 Å². The number of unbranched alkanes of at least 4 members (excludes halogenated alkanes) is 1. The van der Waals surface area contributed by atoms with E-state index >= 15 is 0 Å². The van der Waals surface area contributed by atoms with Crippen LogP contribution in [-0.4, -0.2) is 81.7 Å². The molecule has 0 bridgehead atoms. The molecule has 1 rings (SSSR count). The molecule has 0 aromatic heterocycles. The van der Waals surface area contributed by atoms with E-state index in [1.165, 1.54) is 0 Å². The molecule has 0 fully saturated rings. The number of amides is 3. The van der Waals surface area contributed by atoms with Gasteiger partial charge < -0.3 is 42.7 Å². The molecule has 1 aromatic rings. The fourth-order valence-corrected chi connectivity index (χ4v) is 3.30. The van der Waals surface area contributed by atoms with Gasteiger partial charge in [0.05, 0.1) is 18.9 Å². The molecular weight excluding hydrogens is 490 g/mol. The van der Waals surface area contributed by atoms with Gasteiger partial charge in [-0.3, -0.25) is 24.0 Å². The number of carboxylic acid groups (broad SMARTS) is 3. The van der Waals surface area contributed by atoms with Crippen molar-refractivity contribution in [3.63, 3.8) is 0 Å². The lowest BCUT2D eigenvalue weighted by Crippen LogP contribution is -2.57. The normalized spacial score (nSPS) is 13.9. The Bertz CT molecular complexity index is 957. The molecule has 0 aliphatic heterocycles. The first kappa shape index (κ1) is 31.0. The first-order valence-electron chi connectivity index (χ1n) is 11.5. The summed E-state index contributed by atoms with van der Waals surface area (Å²) < 4.78 is 0. The Balaban J connectivity index is 2.98. The number of carboxylic acids is 3. The Kier molecular flexibility index (Phi) is 13.3. The van der Waals surface area contributed by atoms with Crippen LogP contribution in [0.15, 0.2) is 30.3 Å². The summed E-state index contributed by atoms with van der Waals surface area (Å²) in [5.74, 6) is -7.25. The monoisotopic (exact) mass is 523 g/mol. The lowest BCUT2D eigenvalue weighted by atomic mass is 10.0. The highest BCUT2D eigenvalue weighted by molar-refractivity contribution is 5.96. The van der Waals surface area contributed by atoms with Gasteiger partial charge in [-0.2, -0.15) is 0 Å². The van der Waals surface area contributed by atoms with Gasteiger partial charge in [0.1, 0.15) is 18.1 Å².